The van der Waals surface area contributed by atoms with E-state index >= 15 is 0 Å². The number of carbonyl (C=O) groups is 3. The Bertz CT molecular complexity index is 7680. The smallest absolute Gasteiger partial charge is 0.345 e. The highest BCUT2D eigenvalue weighted by molar-refractivity contribution is 7.17. The topological polar surface area (TPSA) is 378 Å². The number of hydrogen-bond acceptors (Lipinski definition) is 17. The zero-order valence-electron chi connectivity index (χ0n) is 70.7. The van der Waals surface area contributed by atoms with Gasteiger partial charge in [0.15, 0.2) is 11.0 Å². The molecule has 0 bridgehead atoms. The average Bonchev–Trinajstić information content (AvgIpc) is 1.64. The number of aromatic amines is 8. The number of furan rings is 1. The first-order valence-corrected chi connectivity index (χ1v) is 43.2. The molecule has 0 atom stereocenters. The first-order chi connectivity index (χ1) is 65.3. The molecule has 0 unspecified atom stereocenters. The van der Waals surface area contributed by atoms with Gasteiger partial charge in [0.05, 0.1) is 80.3 Å². The number of ketones is 1. The van der Waals surface area contributed by atoms with Crippen LogP contribution in [0.2, 0.25) is 0 Å². The molecule has 13 aromatic carbocycles. The van der Waals surface area contributed by atoms with Crippen molar-refractivity contribution in [1.82, 2.24) is 64.4 Å². The molecule has 0 saturated carbocycles. The van der Waals surface area contributed by atoms with Gasteiger partial charge in [0.1, 0.15) is 5.58 Å². The van der Waals surface area contributed by atoms with Gasteiger partial charge >= 0.3 is 11.4 Å². The summed E-state index contributed by atoms with van der Waals surface area (Å²) in [6.45, 7) is 0. The second-order valence-corrected chi connectivity index (χ2v) is 30.7. The number of anilines is 2. The summed E-state index contributed by atoms with van der Waals surface area (Å²) in [5.41, 5.74) is 13.0. The Labute approximate surface area is 859 Å². The molecule has 2 amide bonds. The summed E-state index contributed by atoms with van der Waals surface area (Å²) in [5.74, 6) is -0.881. The standard InChI is InChI=1S/C12H9N.2C9H7NO.2C8H6N2O.C8H5NO2.C8H7NO.C8H6O.C8H6S.C7H6N2O.C7H6N2.C7H5NO.C7H5NS.13CH4/c1-3-7-11-9(5-1)10-6-2-4-8-12(10)13-11;11-9-5-6-10-8-4-2-1-3-7(8)9;11-9-6-5-7-3-1-2-4-8(7)10-9;11-8-6-3-1-2-4-7(6)9-5-10-8;11-8-9-5-6-3-1-2-4-7(6)10-8;10-7-5-3-1-2-4-6(5)9-8(7)11;10-8-5-6-3-1-2-4-7(6)9-8;2*1-2-4-8-7(3-1)5-6-9-8;10-7-8-5-3-1-2-4-6(5)9-7;1-3-8-5-7-6(1)2-4-9-7;2*1-2-4-7-6(3-1)5-8-9-7;;;;;;;;;;;;;/h1-8,13H;2*1-6H,(H,10,11);2*1-5H,(H,9,10,11);1-4H,(H,9,10,11);1-4H,5H2,(H,9,10);2*1-6H;1-4H,(H2,8,9,10);1-5,9H;2*1-5H;13*1H4. The van der Waals surface area contributed by atoms with E-state index in [4.69, 9.17) is 8.94 Å². The van der Waals surface area contributed by atoms with E-state index in [1.54, 1.807) is 72.7 Å². The number of aromatic nitrogens is 13. The Hall–Kier alpha value is -18.2. The molecule has 27 heteroatoms. The van der Waals surface area contributed by atoms with Crippen molar-refractivity contribution in [2.24, 2.45) is 0 Å². The number of nitrogens with one attached hydrogen (secondary N) is 10. The minimum atomic E-state index is -0.536. The van der Waals surface area contributed by atoms with Gasteiger partial charge in [-0.3, -0.25) is 33.8 Å². The number of para-hydroxylation sites is 12. The van der Waals surface area contributed by atoms with Crippen LogP contribution in [0.1, 0.15) is 112 Å². The summed E-state index contributed by atoms with van der Waals surface area (Å²) in [7, 11) is 0. The Kier molecular flexibility index (Phi) is 53.2. The van der Waals surface area contributed by atoms with E-state index in [9.17, 15) is 38.4 Å². The summed E-state index contributed by atoms with van der Waals surface area (Å²) >= 11 is 3.32. The van der Waals surface area contributed by atoms with Gasteiger partial charge in [-0.05, 0) is 173 Å². The lowest BCUT2D eigenvalue weighted by molar-refractivity contribution is -0.115. The van der Waals surface area contributed by atoms with Gasteiger partial charge in [-0.25, -0.2) is 19.6 Å². The molecule has 25 aromatic rings. The molecule has 27 rings (SSSR count). The summed E-state index contributed by atoms with van der Waals surface area (Å²) < 4.78 is 16.7. The number of thiophene rings is 1. The minimum Gasteiger partial charge on any atom is -0.464 e. The van der Waals surface area contributed by atoms with Crippen LogP contribution in [0, 0.1) is 0 Å². The Morgan fingerprint density at radius 3 is 1.46 bits per heavy atom. The van der Waals surface area contributed by atoms with Gasteiger partial charge in [0.25, 0.3) is 17.2 Å². The third kappa shape index (κ3) is 34.1. The van der Waals surface area contributed by atoms with E-state index in [0.29, 0.717) is 23.1 Å². The normalized spacial score (nSPS) is 10.0. The monoisotopic (exact) mass is 2000 g/mol. The second-order valence-electron chi connectivity index (χ2n) is 29.0. The highest BCUT2D eigenvalue weighted by Gasteiger charge is 2.27. The number of Topliss-reactive ketones (excluding diaryl/α,β-unsaturated/α-hetero) is 1. The lowest BCUT2D eigenvalue weighted by Gasteiger charge is -1.93. The highest BCUT2D eigenvalue weighted by atomic mass is 32.1. The van der Waals surface area contributed by atoms with E-state index in [2.05, 4.69) is 171 Å². The van der Waals surface area contributed by atoms with Crippen LogP contribution in [0.15, 0.2) is 452 Å². The number of carbonyl (C=O) groups excluding carboxylic acids is 3. The van der Waals surface area contributed by atoms with E-state index in [1.165, 1.54) is 77.4 Å². The van der Waals surface area contributed by atoms with E-state index < -0.39 is 11.7 Å². The van der Waals surface area contributed by atoms with E-state index in [-0.39, 0.29) is 130 Å². The van der Waals surface area contributed by atoms with Crippen molar-refractivity contribution in [1.29, 1.82) is 0 Å². The molecule has 0 spiro atoms. The Balaban J connectivity index is 0.000000531. The largest absolute Gasteiger partial charge is 0.464 e. The number of amides is 2. The van der Waals surface area contributed by atoms with Crippen molar-refractivity contribution >= 4 is 181 Å². The first kappa shape index (κ1) is 124. The molecule has 14 heterocycles. The quantitative estimate of drug-likeness (QED) is 0.0631. The average molecular weight is 2000 g/mol. The van der Waals surface area contributed by atoms with E-state index in [1.807, 2.05) is 243 Å². The van der Waals surface area contributed by atoms with Crippen LogP contribution in [-0.4, -0.2) is 82.0 Å². The lowest BCUT2D eigenvalue weighted by atomic mass is 10.1. The van der Waals surface area contributed by atoms with Crippen molar-refractivity contribution in [3.63, 3.8) is 0 Å². The molecule has 25 nitrogen and oxygen atoms in total. The molecule has 2 aliphatic heterocycles. The third-order valence-electron chi connectivity index (χ3n) is 20.1. The summed E-state index contributed by atoms with van der Waals surface area (Å²) in [5, 5.41) is 23.0. The first-order valence-electron chi connectivity index (χ1n) is 41.5. The predicted molar refractivity (Wildman–Crippen MR) is 622 cm³/mol. The number of benzene rings is 13. The van der Waals surface area contributed by atoms with Crippen LogP contribution >= 0.6 is 22.9 Å². The fraction of sp³-hybridized carbons (Fsp3) is 0.118. The molecule has 0 aliphatic carbocycles. The third-order valence-corrected chi connectivity index (χ3v) is 21.8. The molecular weight excluding hydrogens is 1860 g/mol. The Morgan fingerprint density at radius 1 is 0.322 bits per heavy atom. The van der Waals surface area contributed by atoms with Crippen molar-refractivity contribution < 1.29 is 23.3 Å². The zero-order chi connectivity index (χ0) is 91.7. The van der Waals surface area contributed by atoms with Crippen LogP contribution in [0.3, 0.4) is 0 Å². The predicted octanol–water partition coefficient (Wildman–Crippen LogP) is 30.4. The van der Waals surface area contributed by atoms with Gasteiger partial charge in [0, 0.05) is 119 Å². The number of pyridine rings is 3. The number of imidazole rings is 1. The molecule has 756 valence electrons. The van der Waals surface area contributed by atoms with Crippen LogP contribution in [0.4, 0.5) is 11.4 Å². The van der Waals surface area contributed by atoms with Crippen LogP contribution in [0.25, 0.3) is 129 Å². The van der Waals surface area contributed by atoms with Crippen molar-refractivity contribution in [2.45, 2.75) is 103 Å². The Morgan fingerprint density at radius 2 is 0.836 bits per heavy atom. The van der Waals surface area contributed by atoms with Crippen molar-refractivity contribution in [3.05, 3.63) is 482 Å². The van der Waals surface area contributed by atoms with Gasteiger partial charge in [0.2, 0.25) is 11.5 Å². The van der Waals surface area contributed by atoms with Gasteiger partial charge in [-0.2, -0.15) is 4.37 Å². The SMILES string of the molecule is C.C.C.C.C.C.C.C.C.C.C.C.C.O=C1Cc2ccccc2N1.O=C1Nc2ccccc2C1=O.O=c1[nH]c2ccccc2[nH]1.O=c1[nH]cnc2ccccc12.O=c1cc[nH]c2ccccc12.O=c1ccc2ccccc2[nH]1.O=c1ncc2ccccc2[nH]1.c1cc2cc[nH]c2cn1.c1ccc2c(c1)[nH]c1ccccc12.c1ccc2occc2c1.c1ccc2oncc2c1.c1ccc2sccc2c1.c1ccc2sncc2c1. The highest BCUT2D eigenvalue weighted by Crippen LogP contribution is 2.27. The molecule has 2 aliphatic rings. The number of nitrogens with zero attached hydrogens (tertiary/aromatic N) is 5. The summed E-state index contributed by atoms with van der Waals surface area (Å²) in [6.07, 6.45) is 16.0. The van der Waals surface area contributed by atoms with Crippen molar-refractivity contribution in [2.75, 3.05) is 10.6 Å². The molecule has 0 saturated heterocycles. The second kappa shape index (κ2) is 62.8. The number of rotatable bonds is 0. The zero-order valence-corrected chi connectivity index (χ0v) is 72.3. The molecule has 10 N–H and O–H groups in total. The van der Waals surface area contributed by atoms with Gasteiger partial charge < -0.3 is 59.4 Å². The number of fused-ring (bicyclic) bond motifs is 15. The maximum atomic E-state index is 11.2. The maximum absolute atomic E-state index is 11.2. The van der Waals surface area contributed by atoms with E-state index in [0.717, 1.165) is 88.0 Å². The molecule has 146 heavy (non-hydrogen) atoms. The minimum absolute atomic E-state index is 0. The number of H-pyrrole nitrogens is 8. The van der Waals surface area contributed by atoms with Gasteiger partial charge in [-0.15, -0.1) is 11.3 Å². The van der Waals surface area contributed by atoms with Crippen molar-refractivity contribution in [3.8, 4) is 0 Å². The fourth-order valence-corrected chi connectivity index (χ4v) is 15.0. The molecule has 0 fully saturated rings. The molecule has 12 aromatic heterocycles. The van der Waals surface area contributed by atoms with Gasteiger partial charge in [-0.1, -0.05) is 308 Å². The van der Waals surface area contributed by atoms with Crippen LogP contribution in [0.5, 0.6) is 0 Å². The molecular formula is C119H133N15O10S2. The summed E-state index contributed by atoms with van der Waals surface area (Å²) in [4.78, 5) is 121. The maximum Gasteiger partial charge on any atom is 0.345 e. The number of hydrogen-bond donors (Lipinski definition) is 10. The fourth-order valence-electron chi connectivity index (χ4n) is 13.6. The lowest BCUT2D eigenvalue weighted by Crippen LogP contribution is -2.12. The summed E-state index contributed by atoms with van der Waals surface area (Å²) in [6, 6.07) is 114. The van der Waals surface area contributed by atoms with Crippen LogP contribution in [-0.2, 0) is 16.0 Å². The molecule has 0 radical (unpaired) electrons. The van der Waals surface area contributed by atoms with Crippen LogP contribution < -0.4 is 38.6 Å².